The number of rotatable bonds is 4. The first kappa shape index (κ1) is 17.5. The van der Waals surface area contributed by atoms with Gasteiger partial charge >= 0.3 is 0 Å². The van der Waals surface area contributed by atoms with E-state index >= 15 is 0 Å². The Balaban J connectivity index is 1.83. The Labute approximate surface area is 165 Å². The molecule has 1 N–H and O–H groups in total. The number of aliphatic hydroxyl groups excluding tert-OH is 1. The van der Waals surface area contributed by atoms with E-state index in [1.165, 1.54) is 0 Å². The second kappa shape index (κ2) is 7.37. The first-order chi connectivity index (χ1) is 13.1. The zero-order valence-electron chi connectivity index (χ0n) is 14.4. The van der Waals surface area contributed by atoms with Crippen molar-refractivity contribution in [2.24, 2.45) is 0 Å². The van der Waals surface area contributed by atoms with E-state index in [1.54, 1.807) is 17.3 Å². The van der Waals surface area contributed by atoms with Crippen LogP contribution in [0, 0.1) is 0 Å². The van der Waals surface area contributed by atoms with Crippen LogP contribution in [0.2, 0.25) is 0 Å². The number of carbonyl (C=O) groups is 1. The van der Waals surface area contributed by atoms with Gasteiger partial charge in [-0.05, 0) is 34.9 Å². The predicted molar refractivity (Wildman–Crippen MR) is 108 cm³/mol. The molecule has 4 rings (SSSR count). The predicted octanol–water partition coefficient (Wildman–Crippen LogP) is 4.90. The van der Waals surface area contributed by atoms with Crippen LogP contribution in [0.4, 0.5) is 0 Å². The fourth-order valence-electron chi connectivity index (χ4n) is 3.44. The Morgan fingerprint density at radius 1 is 1.04 bits per heavy atom. The molecule has 0 bridgehead atoms. The summed E-state index contributed by atoms with van der Waals surface area (Å²) in [5, 5.41) is 10.7. The van der Waals surface area contributed by atoms with Crippen LogP contribution >= 0.6 is 15.9 Å². The van der Waals surface area contributed by atoms with Crippen LogP contribution in [-0.4, -0.2) is 20.9 Å². The largest absolute Gasteiger partial charge is 0.503 e. The van der Waals surface area contributed by atoms with Crippen molar-refractivity contribution in [1.29, 1.82) is 0 Å². The smallest absolute Gasteiger partial charge is 0.290 e. The van der Waals surface area contributed by atoms with Crippen molar-refractivity contribution in [3.05, 3.63) is 106 Å². The van der Waals surface area contributed by atoms with Gasteiger partial charge in [0, 0.05) is 29.0 Å². The fourth-order valence-corrected chi connectivity index (χ4v) is 3.86. The molecule has 2 aromatic carbocycles. The molecule has 4 nitrogen and oxygen atoms in total. The minimum Gasteiger partial charge on any atom is -0.503 e. The number of amides is 1. The average Bonchev–Trinajstić information content (AvgIpc) is 2.94. The van der Waals surface area contributed by atoms with Gasteiger partial charge in [-0.15, -0.1) is 0 Å². The normalized spacial score (nSPS) is 16.9. The van der Waals surface area contributed by atoms with E-state index in [0.29, 0.717) is 12.1 Å². The summed E-state index contributed by atoms with van der Waals surface area (Å²) in [4.78, 5) is 18.8. The molecular formula is C22H17BrN2O2. The van der Waals surface area contributed by atoms with Gasteiger partial charge in [0.05, 0.1) is 6.04 Å². The van der Waals surface area contributed by atoms with Gasteiger partial charge in [-0.3, -0.25) is 9.78 Å². The molecule has 0 spiro atoms. The number of pyridine rings is 1. The molecule has 0 radical (unpaired) electrons. The monoisotopic (exact) mass is 420 g/mol. The fraction of sp³-hybridized carbons (Fsp3) is 0.0909. The Morgan fingerprint density at radius 2 is 1.85 bits per heavy atom. The van der Waals surface area contributed by atoms with Gasteiger partial charge in [0.25, 0.3) is 5.91 Å². The highest BCUT2D eigenvalue weighted by molar-refractivity contribution is 9.10. The second-order valence-electron chi connectivity index (χ2n) is 6.38. The molecule has 0 saturated carbocycles. The molecule has 5 heteroatoms. The van der Waals surface area contributed by atoms with Gasteiger partial charge < -0.3 is 10.0 Å². The van der Waals surface area contributed by atoms with E-state index in [0.717, 1.165) is 21.2 Å². The lowest BCUT2D eigenvalue weighted by atomic mass is 9.93. The minimum atomic E-state index is -0.377. The molecule has 3 aromatic rings. The zero-order valence-corrected chi connectivity index (χ0v) is 16.0. The van der Waals surface area contributed by atoms with Crippen molar-refractivity contribution in [1.82, 2.24) is 9.88 Å². The summed E-state index contributed by atoms with van der Waals surface area (Å²) in [5.41, 5.74) is 3.31. The number of hydrogen-bond donors (Lipinski definition) is 1. The molecule has 1 atom stereocenters. The summed E-state index contributed by atoms with van der Waals surface area (Å²) in [7, 11) is 0. The van der Waals surface area contributed by atoms with Crippen molar-refractivity contribution >= 4 is 27.4 Å². The van der Waals surface area contributed by atoms with Gasteiger partial charge in [-0.25, -0.2) is 0 Å². The summed E-state index contributed by atoms with van der Waals surface area (Å²) < 4.78 is 0.924. The third-order valence-electron chi connectivity index (χ3n) is 4.63. The molecular weight excluding hydrogens is 404 g/mol. The standard InChI is InChI=1S/C22H17BrN2O2/c23-18-10-4-9-17(12-18)20-19(16-7-2-1-3-8-16)21(26)22(27)25(20)14-15-6-5-11-24-13-15/h1-13,20,26H,14H2/t20-/m0/s1. The third-order valence-corrected chi connectivity index (χ3v) is 5.12. The molecule has 1 aliphatic rings. The molecule has 0 fully saturated rings. The van der Waals surface area contributed by atoms with Crippen LogP contribution in [0.3, 0.4) is 0 Å². The van der Waals surface area contributed by atoms with Crippen molar-refractivity contribution in [2.45, 2.75) is 12.6 Å². The van der Waals surface area contributed by atoms with Crippen LogP contribution in [-0.2, 0) is 11.3 Å². The number of nitrogens with zero attached hydrogens (tertiary/aromatic N) is 2. The molecule has 0 unspecified atom stereocenters. The van der Waals surface area contributed by atoms with Crippen molar-refractivity contribution in [3.63, 3.8) is 0 Å². The van der Waals surface area contributed by atoms with Crippen LogP contribution in [0.1, 0.15) is 22.7 Å². The topological polar surface area (TPSA) is 53.4 Å². The summed E-state index contributed by atoms with van der Waals surface area (Å²) in [6.45, 7) is 0.365. The van der Waals surface area contributed by atoms with Gasteiger partial charge in [0.2, 0.25) is 0 Å². The third kappa shape index (κ3) is 3.38. The van der Waals surface area contributed by atoms with Crippen molar-refractivity contribution in [3.8, 4) is 0 Å². The highest BCUT2D eigenvalue weighted by atomic mass is 79.9. The lowest BCUT2D eigenvalue weighted by Crippen LogP contribution is -2.29. The number of aromatic nitrogens is 1. The maximum atomic E-state index is 12.9. The lowest BCUT2D eigenvalue weighted by Gasteiger charge is -2.27. The number of carbonyl (C=O) groups excluding carboxylic acids is 1. The number of benzene rings is 2. The second-order valence-corrected chi connectivity index (χ2v) is 7.30. The molecule has 134 valence electrons. The van der Waals surface area contributed by atoms with Crippen LogP contribution in [0.5, 0.6) is 0 Å². The molecule has 1 amide bonds. The quantitative estimate of drug-likeness (QED) is 0.652. The van der Waals surface area contributed by atoms with Crippen molar-refractivity contribution in [2.75, 3.05) is 0 Å². The Kier molecular flexibility index (Phi) is 4.77. The molecule has 0 aliphatic carbocycles. The Bertz CT molecular complexity index is 1000. The van der Waals surface area contributed by atoms with Gasteiger partial charge in [-0.2, -0.15) is 0 Å². The first-order valence-electron chi connectivity index (χ1n) is 8.59. The van der Waals surface area contributed by atoms with Gasteiger partial charge in [0.1, 0.15) is 0 Å². The number of hydrogen-bond acceptors (Lipinski definition) is 3. The first-order valence-corrected chi connectivity index (χ1v) is 9.38. The SMILES string of the molecule is O=C1C(O)=C(c2ccccc2)[C@H](c2cccc(Br)c2)N1Cc1cccnc1. The Hall–Kier alpha value is -2.92. The molecule has 1 aromatic heterocycles. The maximum absolute atomic E-state index is 12.9. The van der Waals surface area contributed by atoms with Crippen LogP contribution in [0.15, 0.2) is 89.4 Å². The Morgan fingerprint density at radius 3 is 2.56 bits per heavy atom. The van der Waals surface area contributed by atoms with Crippen molar-refractivity contribution < 1.29 is 9.90 Å². The summed E-state index contributed by atoms with van der Waals surface area (Å²) in [6, 6.07) is 20.8. The van der Waals surface area contributed by atoms with Gasteiger partial charge in [-0.1, -0.05) is 64.5 Å². The summed E-state index contributed by atoms with van der Waals surface area (Å²) in [6.07, 6.45) is 3.44. The molecule has 0 saturated heterocycles. The number of aliphatic hydroxyl groups is 1. The van der Waals surface area contributed by atoms with E-state index < -0.39 is 0 Å². The zero-order chi connectivity index (χ0) is 18.8. The van der Waals surface area contributed by atoms with E-state index in [4.69, 9.17) is 0 Å². The van der Waals surface area contributed by atoms with Crippen LogP contribution < -0.4 is 0 Å². The van der Waals surface area contributed by atoms with E-state index in [2.05, 4.69) is 20.9 Å². The summed E-state index contributed by atoms with van der Waals surface area (Å²) in [5.74, 6) is -0.572. The van der Waals surface area contributed by atoms with E-state index in [-0.39, 0.29) is 17.7 Å². The average molecular weight is 421 g/mol. The van der Waals surface area contributed by atoms with E-state index in [1.807, 2.05) is 66.7 Å². The molecule has 1 aliphatic heterocycles. The highest BCUT2D eigenvalue weighted by Gasteiger charge is 2.41. The molecule has 2 heterocycles. The van der Waals surface area contributed by atoms with Crippen LogP contribution in [0.25, 0.3) is 5.57 Å². The number of halogens is 1. The minimum absolute atomic E-state index is 0.199. The van der Waals surface area contributed by atoms with E-state index in [9.17, 15) is 9.90 Å². The van der Waals surface area contributed by atoms with Gasteiger partial charge in [0.15, 0.2) is 5.76 Å². The maximum Gasteiger partial charge on any atom is 0.290 e. The molecule has 27 heavy (non-hydrogen) atoms. The summed E-state index contributed by atoms with van der Waals surface area (Å²) >= 11 is 3.51. The lowest BCUT2D eigenvalue weighted by molar-refractivity contribution is -0.130. The highest BCUT2D eigenvalue weighted by Crippen LogP contribution is 2.44.